The number of nitrogens with one attached hydrogen (secondary N) is 1. The molecule has 0 rings (SSSR count). The van der Waals surface area contributed by atoms with Gasteiger partial charge in [0.25, 0.3) is 0 Å². The summed E-state index contributed by atoms with van der Waals surface area (Å²) in [5.74, 6) is 0.338. The molecule has 1 amide bonds. The maximum Gasteiger partial charge on any atom is 0.222 e. The lowest BCUT2D eigenvalue weighted by Crippen LogP contribution is -2.33. The molecule has 0 saturated carbocycles. The van der Waals surface area contributed by atoms with Gasteiger partial charge in [-0.3, -0.25) is 4.79 Å². The SMILES string of the molecule is CCCCC/C=C\C/C=C\CCCCCCCC(=O)N(CC)CCCNCC. The van der Waals surface area contributed by atoms with Gasteiger partial charge in [-0.25, -0.2) is 0 Å². The Balaban J connectivity index is 3.50. The first-order valence-corrected chi connectivity index (χ1v) is 12.0. The van der Waals surface area contributed by atoms with Crippen molar-refractivity contribution in [3.8, 4) is 0 Å². The van der Waals surface area contributed by atoms with Crippen LogP contribution in [0.5, 0.6) is 0 Å². The fourth-order valence-electron chi connectivity index (χ4n) is 3.28. The van der Waals surface area contributed by atoms with E-state index in [2.05, 4.69) is 50.4 Å². The Kier molecular flexibility index (Phi) is 21.3. The Morgan fingerprint density at radius 2 is 1.43 bits per heavy atom. The van der Waals surface area contributed by atoms with Gasteiger partial charge in [-0.2, -0.15) is 0 Å². The summed E-state index contributed by atoms with van der Waals surface area (Å²) < 4.78 is 0. The highest BCUT2D eigenvalue weighted by molar-refractivity contribution is 5.76. The average molecular weight is 393 g/mol. The first kappa shape index (κ1) is 26.9. The molecule has 0 atom stereocenters. The molecule has 1 N–H and O–H groups in total. The van der Waals surface area contributed by atoms with E-state index in [1.54, 1.807) is 0 Å². The van der Waals surface area contributed by atoms with Gasteiger partial charge in [0.1, 0.15) is 0 Å². The largest absolute Gasteiger partial charge is 0.343 e. The van der Waals surface area contributed by atoms with Crippen LogP contribution in [-0.4, -0.2) is 37.0 Å². The van der Waals surface area contributed by atoms with Gasteiger partial charge in [0.15, 0.2) is 0 Å². The van der Waals surface area contributed by atoms with Gasteiger partial charge in [0.05, 0.1) is 0 Å². The van der Waals surface area contributed by atoms with Gasteiger partial charge in [-0.05, 0) is 65.0 Å². The predicted octanol–water partition coefficient (Wildman–Crippen LogP) is 6.65. The van der Waals surface area contributed by atoms with Crippen LogP contribution in [0.1, 0.15) is 104 Å². The topological polar surface area (TPSA) is 32.3 Å². The molecule has 0 radical (unpaired) electrons. The predicted molar refractivity (Wildman–Crippen MR) is 125 cm³/mol. The lowest BCUT2D eigenvalue weighted by molar-refractivity contribution is -0.131. The van der Waals surface area contributed by atoms with E-state index in [0.717, 1.165) is 51.9 Å². The molecule has 0 saturated heterocycles. The van der Waals surface area contributed by atoms with Crippen molar-refractivity contribution in [3.05, 3.63) is 24.3 Å². The Morgan fingerprint density at radius 1 is 0.786 bits per heavy atom. The second-order valence-corrected chi connectivity index (χ2v) is 7.66. The van der Waals surface area contributed by atoms with Crippen molar-refractivity contribution in [1.82, 2.24) is 10.2 Å². The molecule has 3 nitrogen and oxygen atoms in total. The summed E-state index contributed by atoms with van der Waals surface area (Å²) in [5.41, 5.74) is 0. The van der Waals surface area contributed by atoms with Gasteiger partial charge < -0.3 is 10.2 Å². The van der Waals surface area contributed by atoms with Crippen LogP contribution < -0.4 is 5.32 Å². The van der Waals surface area contributed by atoms with Crippen LogP contribution in [0.25, 0.3) is 0 Å². The molecule has 164 valence electrons. The molecule has 0 aromatic rings. The number of carbonyl (C=O) groups is 1. The minimum atomic E-state index is 0.338. The molecule has 0 bridgehead atoms. The van der Waals surface area contributed by atoms with Crippen LogP contribution in [0.15, 0.2) is 24.3 Å². The van der Waals surface area contributed by atoms with E-state index >= 15 is 0 Å². The number of carbonyl (C=O) groups excluding carboxylic acids is 1. The zero-order chi connectivity index (χ0) is 20.7. The van der Waals surface area contributed by atoms with Gasteiger partial charge in [-0.1, -0.05) is 70.3 Å². The van der Waals surface area contributed by atoms with E-state index in [0.29, 0.717) is 5.91 Å². The summed E-state index contributed by atoms with van der Waals surface area (Å²) in [6, 6.07) is 0. The molecule has 0 aliphatic carbocycles. The van der Waals surface area contributed by atoms with Crippen LogP contribution in [0.4, 0.5) is 0 Å². The summed E-state index contributed by atoms with van der Waals surface area (Å²) in [7, 11) is 0. The van der Waals surface area contributed by atoms with Crippen LogP contribution in [0.3, 0.4) is 0 Å². The van der Waals surface area contributed by atoms with E-state index in [1.165, 1.54) is 57.8 Å². The molecular formula is C25H48N2O. The van der Waals surface area contributed by atoms with Crippen molar-refractivity contribution in [2.75, 3.05) is 26.2 Å². The summed E-state index contributed by atoms with van der Waals surface area (Å²) >= 11 is 0. The molecule has 0 heterocycles. The van der Waals surface area contributed by atoms with Crippen molar-refractivity contribution in [3.63, 3.8) is 0 Å². The minimum Gasteiger partial charge on any atom is -0.343 e. The molecule has 0 aromatic carbocycles. The molecular weight excluding hydrogens is 344 g/mol. The smallest absolute Gasteiger partial charge is 0.222 e. The normalized spacial score (nSPS) is 11.7. The molecule has 0 aliphatic heterocycles. The van der Waals surface area contributed by atoms with E-state index in [4.69, 9.17) is 0 Å². The van der Waals surface area contributed by atoms with Gasteiger partial charge in [0, 0.05) is 19.5 Å². The van der Waals surface area contributed by atoms with Crippen LogP contribution >= 0.6 is 0 Å². The molecule has 0 spiro atoms. The van der Waals surface area contributed by atoms with Crippen LogP contribution in [0, 0.1) is 0 Å². The second kappa shape index (κ2) is 22.2. The Morgan fingerprint density at radius 3 is 2.07 bits per heavy atom. The summed E-state index contributed by atoms with van der Waals surface area (Å²) in [5, 5.41) is 3.32. The Bertz CT molecular complexity index is 390. The number of hydrogen-bond acceptors (Lipinski definition) is 2. The zero-order valence-corrected chi connectivity index (χ0v) is 19.2. The van der Waals surface area contributed by atoms with Crippen molar-refractivity contribution in [2.24, 2.45) is 0 Å². The number of rotatable bonds is 20. The van der Waals surface area contributed by atoms with E-state index in [-0.39, 0.29) is 0 Å². The van der Waals surface area contributed by atoms with Crippen LogP contribution in [0.2, 0.25) is 0 Å². The Hall–Kier alpha value is -1.09. The summed E-state index contributed by atoms with van der Waals surface area (Å²) in [4.78, 5) is 14.3. The molecule has 0 aliphatic rings. The third-order valence-corrected chi connectivity index (χ3v) is 5.11. The molecule has 0 aromatic heterocycles. The highest BCUT2D eigenvalue weighted by Crippen LogP contribution is 2.09. The first-order chi connectivity index (χ1) is 13.8. The molecule has 0 fully saturated rings. The summed E-state index contributed by atoms with van der Waals surface area (Å²) in [6.45, 7) is 10.2. The fourth-order valence-corrected chi connectivity index (χ4v) is 3.28. The fraction of sp³-hybridized carbons (Fsp3) is 0.800. The monoisotopic (exact) mass is 392 g/mol. The highest BCUT2D eigenvalue weighted by Gasteiger charge is 2.10. The van der Waals surface area contributed by atoms with E-state index in [1.807, 2.05) is 4.90 Å². The van der Waals surface area contributed by atoms with Crippen molar-refractivity contribution in [2.45, 2.75) is 104 Å². The maximum absolute atomic E-state index is 12.3. The van der Waals surface area contributed by atoms with Gasteiger partial charge in [-0.15, -0.1) is 0 Å². The van der Waals surface area contributed by atoms with E-state index < -0.39 is 0 Å². The maximum atomic E-state index is 12.3. The number of unbranched alkanes of at least 4 members (excludes halogenated alkanes) is 8. The lowest BCUT2D eigenvalue weighted by Gasteiger charge is -2.21. The van der Waals surface area contributed by atoms with E-state index in [9.17, 15) is 4.79 Å². The van der Waals surface area contributed by atoms with Crippen molar-refractivity contribution >= 4 is 5.91 Å². The number of hydrogen-bond donors (Lipinski definition) is 1. The van der Waals surface area contributed by atoms with Gasteiger partial charge in [0.2, 0.25) is 5.91 Å². The minimum absolute atomic E-state index is 0.338. The van der Waals surface area contributed by atoms with Crippen LogP contribution in [-0.2, 0) is 4.79 Å². The highest BCUT2D eigenvalue weighted by atomic mass is 16.2. The average Bonchev–Trinajstić information content (AvgIpc) is 2.70. The van der Waals surface area contributed by atoms with Crippen molar-refractivity contribution in [1.29, 1.82) is 0 Å². The second-order valence-electron chi connectivity index (χ2n) is 7.66. The third-order valence-electron chi connectivity index (χ3n) is 5.11. The van der Waals surface area contributed by atoms with Crippen molar-refractivity contribution < 1.29 is 4.79 Å². The lowest BCUT2D eigenvalue weighted by atomic mass is 10.1. The molecule has 28 heavy (non-hydrogen) atoms. The number of amides is 1. The number of allylic oxidation sites excluding steroid dienone is 4. The van der Waals surface area contributed by atoms with Gasteiger partial charge >= 0.3 is 0 Å². The summed E-state index contributed by atoms with van der Waals surface area (Å²) in [6.07, 6.45) is 24.5. The standard InChI is InChI=1S/C25H48N2O/c1-4-7-8-9-10-11-12-13-14-15-16-17-18-19-20-22-25(28)27(6-3)24-21-23-26-5-2/h10-11,13-14,26H,4-9,12,15-24H2,1-3H3/b11-10-,14-13-. The quantitative estimate of drug-likeness (QED) is 0.186. The first-order valence-electron chi connectivity index (χ1n) is 12.0. The third kappa shape index (κ3) is 18.3. The molecule has 3 heteroatoms. The number of nitrogens with zero attached hydrogens (tertiary/aromatic N) is 1. The Labute approximate surface area is 176 Å². The molecule has 0 unspecified atom stereocenters. The zero-order valence-electron chi connectivity index (χ0n) is 19.2.